The van der Waals surface area contributed by atoms with Gasteiger partial charge in [-0.25, -0.2) is 4.57 Å². The average molecular weight is 123 g/mol. The lowest BCUT2D eigenvalue weighted by atomic mass is 11.5. The number of hydrogen-bond acceptors (Lipinski definition) is 3. The van der Waals surface area contributed by atoms with Gasteiger partial charge in [-0.3, -0.25) is 9.88 Å². The lowest BCUT2D eigenvalue weighted by Gasteiger charge is -1.68. The Balaban J connectivity index is 3.32. The van der Waals surface area contributed by atoms with Gasteiger partial charge >= 0.3 is 0 Å². The molecule has 0 aliphatic heterocycles. The van der Waals surface area contributed by atoms with Crippen molar-refractivity contribution in [2.24, 2.45) is 0 Å². The summed E-state index contributed by atoms with van der Waals surface area (Å²) in [6.07, 6.45) is 0.311. The highest BCUT2D eigenvalue weighted by atomic mass is 32.4. The molecule has 0 aromatic rings. The Bertz CT molecular complexity index is 100. The van der Waals surface area contributed by atoms with Gasteiger partial charge in [-0.05, 0) is 0 Å². The zero-order valence-corrected chi connectivity index (χ0v) is 4.46. The van der Waals surface area contributed by atoms with Crippen molar-refractivity contribution in [1.29, 1.82) is 0 Å². The van der Waals surface area contributed by atoms with E-state index in [1.165, 1.54) is 0 Å². The van der Waals surface area contributed by atoms with E-state index in [9.17, 15) is 9.36 Å². The van der Waals surface area contributed by atoms with E-state index in [4.69, 9.17) is 0 Å². The molecule has 0 aromatic heterocycles. The minimum atomic E-state index is -1.89. The van der Waals surface area contributed by atoms with Gasteiger partial charge in [0.25, 0.3) is 6.73 Å². The molecule has 6 heavy (non-hydrogen) atoms. The standard InChI is InChI=1S/CH2NO2PS/c3-1-2-5(4)6/h1H,(H,2,3,4,6). The molecule has 1 amide bonds. The van der Waals surface area contributed by atoms with Crippen molar-refractivity contribution >= 4 is 24.9 Å². The molecular weight excluding hydrogens is 121 g/mol. The van der Waals surface area contributed by atoms with Crippen LogP contribution < -0.4 is 5.09 Å². The Kier molecular flexibility index (Phi) is 2.89. The van der Waals surface area contributed by atoms with Crippen LogP contribution in [0.3, 0.4) is 0 Å². The highest BCUT2D eigenvalue weighted by Gasteiger charge is 1.70. The second kappa shape index (κ2) is 3.00. The third kappa shape index (κ3) is 3.79. The van der Waals surface area contributed by atoms with E-state index < -0.39 is 6.73 Å². The molecule has 0 saturated carbocycles. The van der Waals surface area contributed by atoms with E-state index in [1.807, 2.05) is 5.09 Å². The molecule has 34 valence electrons. The predicted molar refractivity (Wildman–Crippen MR) is 24.2 cm³/mol. The monoisotopic (exact) mass is 123 g/mol. The normalized spacial score (nSPS) is 9.67. The van der Waals surface area contributed by atoms with E-state index >= 15 is 0 Å². The maximum Gasteiger partial charge on any atom is 0.271 e. The Labute approximate surface area is 40.2 Å². The van der Waals surface area contributed by atoms with Crippen LogP contribution in [0.25, 0.3) is 0 Å². The number of carbonyl (C=O) groups is 1. The quantitative estimate of drug-likeness (QED) is 0.413. The van der Waals surface area contributed by atoms with Crippen LogP contribution in [0.2, 0.25) is 0 Å². The van der Waals surface area contributed by atoms with Crippen molar-refractivity contribution in [3.63, 3.8) is 0 Å². The van der Waals surface area contributed by atoms with E-state index in [2.05, 4.69) is 11.8 Å². The first-order valence-corrected chi connectivity index (χ1v) is 3.39. The van der Waals surface area contributed by atoms with Crippen LogP contribution in [-0.4, -0.2) is 6.41 Å². The summed E-state index contributed by atoms with van der Waals surface area (Å²) >= 11 is 4.04. The van der Waals surface area contributed by atoms with E-state index in [-0.39, 0.29) is 0 Å². The summed E-state index contributed by atoms with van der Waals surface area (Å²) in [5.74, 6) is 0. The third-order valence-electron chi connectivity index (χ3n) is 0.158. The second-order valence-electron chi connectivity index (χ2n) is 0.504. The van der Waals surface area contributed by atoms with Gasteiger partial charge < -0.3 is 0 Å². The molecule has 0 saturated heterocycles. The van der Waals surface area contributed by atoms with Gasteiger partial charge in [-0.15, -0.1) is 0 Å². The minimum absolute atomic E-state index is 0.311. The number of hydrogen-bond donors (Lipinski definition) is 1. The Morgan fingerprint density at radius 2 is 2.33 bits per heavy atom. The Hall–Kier alpha value is -0.210. The molecule has 0 aromatic carbocycles. The van der Waals surface area contributed by atoms with E-state index in [0.717, 1.165) is 0 Å². The van der Waals surface area contributed by atoms with Crippen LogP contribution in [0.4, 0.5) is 0 Å². The number of rotatable bonds is 2. The molecule has 0 aliphatic rings. The predicted octanol–water partition coefficient (Wildman–Crippen LogP) is -0.0633. The van der Waals surface area contributed by atoms with Crippen LogP contribution in [0.5, 0.6) is 0 Å². The molecule has 1 N–H and O–H groups in total. The van der Waals surface area contributed by atoms with Crippen LogP contribution in [-0.2, 0) is 21.2 Å². The lowest BCUT2D eigenvalue weighted by Crippen LogP contribution is -1.90. The van der Waals surface area contributed by atoms with Crippen molar-refractivity contribution in [3.8, 4) is 0 Å². The molecule has 0 heterocycles. The topological polar surface area (TPSA) is 46.2 Å². The van der Waals surface area contributed by atoms with Crippen LogP contribution >= 0.6 is 6.73 Å². The summed E-state index contributed by atoms with van der Waals surface area (Å²) < 4.78 is 9.66. The van der Waals surface area contributed by atoms with Gasteiger partial charge in [-0.2, -0.15) is 0 Å². The summed E-state index contributed by atoms with van der Waals surface area (Å²) in [4.78, 5) is 9.25. The SMILES string of the molecule is O=CNP(=O)=S. The summed E-state index contributed by atoms with van der Waals surface area (Å²) in [6.45, 7) is -1.89. The van der Waals surface area contributed by atoms with Crippen molar-refractivity contribution in [2.75, 3.05) is 0 Å². The molecular formula is CH2NO2PS. The van der Waals surface area contributed by atoms with Crippen LogP contribution in [0.15, 0.2) is 0 Å². The summed E-state index contributed by atoms with van der Waals surface area (Å²) in [7, 11) is 0. The number of nitrogens with one attached hydrogen (secondary N) is 1. The van der Waals surface area contributed by atoms with Crippen molar-refractivity contribution in [3.05, 3.63) is 0 Å². The summed E-state index contributed by atoms with van der Waals surface area (Å²) in [5.41, 5.74) is 0. The molecule has 0 fully saturated rings. The van der Waals surface area contributed by atoms with Crippen molar-refractivity contribution in [2.45, 2.75) is 0 Å². The molecule has 1 unspecified atom stereocenters. The molecule has 0 rings (SSSR count). The Morgan fingerprint density at radius 1 is 1.83 bits per heavy atom. The van der Waals surface area contributed by atoms with Gasteiger partial charge in [0.15, 0.2) is 0 Å². The van der Waals surface area contributed by atoms with Gasteiger partial charge in [0.05, 0.1) is 0 Å². The highest BCUT2D eigenvalue weighted by Crippen LogP contribution is 1.87. The maximum absolute atomic E-state index is 9.66. The second-order valence-corrected chi connectivity index (χ2v) is 2.27. The van der Waals surface area contributed by atoms with Crippen LogP contribution in [0.1, 0.15) is 0 Å². The van der Waals surface area contributed by atoms with Gasteiger partial charge in [0.1, 0.15) is 0 Å². The largest absolute Gasteiger partial charge is 0.278 e. The third-order valence-corrected chi connectivity index (χ3v) is 0.791. The number of amides is 1. The molecule has 3 nitrogen and oxygen atoms in total. The smallest absolute Gasteiger partial charge is 0.271 e. The molecule has 0 aliphatic carbocycles. The zero-order valence-electron chi connectivity index (χ0n) is 2.75. The first-order chi connectivity index (χ1) is 2.77. The van der Waals surface area contributed by atoms with E-state index in [1.54, 1.807) is 0 Å². The van der Waals surface area contributed by atoms with Gasteiger partial charge in [-0.1, -0.05) is 0 Å². The van der Waals surface area contributed by atoms with Crippen molar-refractivity contribution in [1.82, 2.24) is 5.09 Å². The first kappa shape index (κ1) is 5.79. The average Bonchev–Trinajstić information content (AvgIpc) is 1.35. The lowest BCUT2D eigenvalue weighted by molar-refractivity contribution is -0.108. The maximum atomic E-state index is 9.66. The van der Waals surface area contributed by atoms with Gasteiger partial charge in [0, 0.05) is 11.8 Å². The van der Waals surface area contributed by atoms with Crippen LogP contribution in [0, 0.1) is 0 Å². The molecule has 5 heteroatoms. The van der Waals surface area contributed by atoms with Gasteiger partial charge in [0.2, 0.25) is 6.41 Å². The molecule has 0 radical (unpaired) electrons. The molecule has 1 atom stereocenters. The fourth-order valence-corrected chi connectivity index (χ4v) is 0.258. The molecule has 0 bridgehead atoms. The fraction of sp³-hybridized carbons (Fsp3) is 0. The highest BCUT2D eigenvalue weighted by molar-refractivity contribution is 7.98. The Morgan fingerprint density at radius 3 is 2.33 bits per heavy atom. The first-order valence-electron chi connectivity index (χ1n) is 1.11. The summed E-state index contributed by atoms with van der Waals surface area (Å²) in [5, 5.41) is 1.85. The summed E-state index contributed by atoms with van der Waals surface area (Å²) in [6, 6.07) is 0. The van der Waals surface area contributed by atoms with E-state index in [0.29, 0.717) is 6.41 Å². The fourth-order valence-electron chi connectivity index (χ4n) is 0.0430. The zero-order chi connectivity index (χ0) is 4.99. The number of carbonyl (C=O) groups excluding carboxylic acids is 1. The minimum Gasteiger partial charge on any atom is -0.278 e. The molecule has 0 spiro atoms. The van der Waals surface area contributed by atoms with Crippen molar-refractivity contribution < 1.29 is 9.36 Å².